The second-order valence-electron chi connectivity index (χ2n) is 4.87. The summed E-state index contributed by atoms with van der Waals surface area (Å²) in [4.78, 5) is 4.96. The molecular weight excluding hydrogens is 218 g/mol. The van der Waals surface area contributed by atoms with Crippen molar-refractivity contribution in [1.29, 1.82) is 0 Å². The van der Waals surface area contributed by atoms with Gasteiger partial charge >= 0.3 is 0 Å². The molecule has 3 nitrogen and oxygen atoms in total. The predicted molar refractivity (Wildman–Crippen MR) is 71.7 cm³/mol. The molecule has 16 heavy (non-hydrogen) atoms. The van der Waals surface area contributed by atoms with Crippen molar-refractivity contribution in [3.05, 3.63) is 0 Å². The van der Waals surface area contributed by atoms with Gasteiger partial charge in [-0.2, -0.15) is 0 Å². The highest BCUT2D eigenvalue weighted by molar-refractivity contribution is 7.80. The standard InChI is InChI=1S/C12H23N3S/c1-13-12(16)15-9-7-14(8-10-15)11-5-3-2-4-6-11/h11H,2-10H2,1H3,(H,13,16). The molecule has 0 aromatic heterocycles. The van der Waals surface area contributed by atoms with E-state index in [9.17, 15) is 0 Å². The van der Waals surface area contributed by atoms with E-state index in [4.69, 9.17) is 12.2 Å². The zero-order chi connectivity index (χ0) is 11.4. The van der Waals surface area contributed by atoms with Crippen LogP contribution in [0.15, 0.2) is 0 Å². The largest absolute Gasteiger partial charge is 0.366 e. The first-order valence-corrected chi connectivity index (χ1v) is 6.93. The van der Waals surface area contributed by atoms with Crippen LogP contribution in [0.3, 0.4) is 0 Å². The Bertz CT molecular complexity index is 230. The smallest absolute Gasteiger partial charge is 0.168 e. The monoisotopic (exact) mass is 241 g/mol. The van der Waals surface area contributed by atoms with E-state index in [1.54, 1.807) is 0 Å². The first-order chi connectivity index (χ1) is 7.81. The van der Waals surface area contributed by atoms with Crippen molar-refractivity contribution in [2.24, 2.45) is 0 Å². The molecule has 1 aliphatic carbocycles. The lowest BCUT2D eigenvalue weighted by Crippen LogP contribution is -2.53. The Balaban J connectivity index is 1.78. The molecule has 92 valence electrons. The second kappa shape index (κ2) is 5.82. The van der Waals surface area contributed by atoms with Crippen molar-refractivity contribution in [1.82, 2.24) is 15.1 Å². The average molecular weight is 241 g/mol. The molecule has 0 bridgehead atoms. The van der Waals surface area contributed by atoms with Crippen LogP contribution in [0, 0.1) is 0 Å². The number of piperazine rings is 1. The summed E-state index contributed by atoms with van der Waals surface area (Å²) in [5, 5.41) is 3.97. The highest BCUT2D eigenvalue weighted by Crippen LogP contribution is 2.23. The van der Waals surface area contributed by atoms with Crippen LogP contribution in [0.5, 0.6) is 0 Å². The van der Waals surface area contributed by atoms with Gasteiger partial charge in [0.25, 0.3) is 0 Å². The number of hydrogen-bond acceptors (Lipinski definition) is 2. The van der Waals surface area contributed by atoms with Crippen molar-refractivity contribution in [3.8, 4) is 0 Å². The Hall–Kier alpha value is -0.350. The van der Waals surface area contributed by atoms with Crippen molar-refractivity contribution in [2.45, 2.75) is 38.1 Å². The molecule has 1 heterocycles. The molecule has 0 amide bonds. The minimum absolute atomic E-state index is 0.860. The molecule has 0 aromatic rings. The summed E-state index contributed by atoms with van der Waals surface area (Å²) in [5.74, 6) is 0. The Kier molecular flexibility index (Phi) is 4.41. The maximum absolute atomic E-state index is 5.27. The lowest BCUT2D eigenvalue weighted by molar-refractivity contribution is 0.107. The third kappa shape index (κ3) is 2.86. The normalized spacial score (nSPS) is 24.4. The van der Waals surface area contributed by atoms with E-state index in [0.717, 1.165) is 24.2 Å². The maximum Gasteiger partial charge on any atom is 0.168 e. The molecule has 1 saturated heterocycles. The van der Waals surface area contributed by atoms with Gasteiger partial charge in [-0.25, -0.2) is 0 Å². The Morgan fingerprint density at radius 3 is 2.25 bits per heavy atom. The highest BCUT2D eigenvalue weighted by atomic mass is 32.1. The molecular formula is C12H23N3S. The minimum atomic E-state index is 0.860. The molecule has 2 fully saturated rings. The van der Waals surface area contributed by atoms with Crippen LogP contribution in [0.25, 0.3) is 0 Å². The molecule has 1 saturated carbocycles. The van der Waals surface area contributed by atoms with Gasteiger partial charge in [-0.1, -0.05) is 19.3 Å². The van der Waals surface area contributed by atoms with Crippen LogP contribution in [0.1, 0.15) is 32.1 Å². The van der Waals surface area contributed by atoms with Gasteiger partial charge in [-0.05, 0) is 25.1 Å². The molecule has 0 spiro atoms. The number of rotatable bonds is 1. The van der Waals surface area contributed by atoms with Crippen molar-refractivity contribution >= 4 is 17.3 Å². The molecule has 0 radical (unpaired) electrons. The molecule has 1 N–H and O–H groups in total. The third-order valence-electron chi connectivity index (χ3n) is 3.91. The highest BCUT2D eigenvalue weighted by Gasteiger charge is 2.25. The number of nitrogens with one attached hydrogen (secondary N) is 1. The fourth-order valence-electron chi connectivity index (χ4n) is 2.89. The van der Waals surface area contributed by atoms with Crippen LogP contribution < -0.4 is 5.32 Å². The second-order valence-corrected chi connectivity index (χ2v) is 5.26. The fourth-order valence-corrected chi connectivity index (χ4v) is 3.08. The molecule has 0 unspecified atom stereocenters. The van der Waals surface area contributed by atoms with Gasteiger partial charge in [-0.3, -0.25) is 4.90 Å². The van der Waals surface area contributed by atoms with Crippen molar-refractivity contribution < 1.29 is 0 Å². The summed E-state index contributed by atoms with van der Waals surface area (Å²) in [6.07, 6.45) is 7.13. The topological polar surface area (TPSA) is 18.5 Å². The van der Waals surface area contributed by atoms with E-state index in [1.807, 2.05) is 7.05 Å². The summed E-state index contributed by atoms with van der Waals surface area (Å²) < 4.78 is 0. The Morgan fingerprint density at radius 1 is 1.06 bits per heavy atom. The van der Waals surface area contributed by atoms with Gasteiger partial charge in [0, 0.05) is 39.3 Å². The number of nitrogens with zero attached hydrogens (tertiary/aromatic N) is 2. The van der Waals surface area contributed by atoms with Gasteiger partial charge < -0.3 is 10.2 Å². The fraction of sp³-hybridized carbons (Fsp3) is 0.917. The van der Waals surface area contributed by atoms with Gasteiger partial charge in [0.15, 0.2) is 5.11 Å². The SMILES string of the molecule is CNC(=S)N1CCN(C2CCCCC2)CC1. The number of thiocarbonyl (C=S) groups is 1. The van der Waals surface area contributed by atoms with E-state index in [2.05, 4.69) is 15.1 Å². The lowest BCUT2D eigenvalue weighted by atomic mass is 9.94. The summed E-state index contributed by atoms with van der Waals surface area (Å²) in [6.45, 7) is 4.56. The van der Waals surface area contributed by atoms with Gasteiger partial charge in [0.05, 0.1) is 0 Å². The zero-order valence-corrected chi connectivity index (χ0v) is 11.1. The van der Waals surface area contributed by atoms with Crippen LogP contribution >= 0.6 is 12.2 Å². The Labute approximate surface area is 104 Å². The van der Waals surface area contributed by atoms with Crippen LogP contribution in [-0.2, 0) is 0 Å². The lowest BCUT2D eigenvalue weighted by Gasteiger charge is -2.41. The third-order valence-corrected chi connectivity index (χ3v) is 4.37. The van der Waals surface area contributed by atoms with E-state index in [-0.39, 0.29) is 0 Å². The first kappa shape index (κ1) is 12.1. The van der Waals surface area contributed by atoms with Crippen LogP contribution in [-0.4, -0.2) is 54.2 Å². The summed E-state index contributed by atoms with van der Waals surface area (Å²) in [5.41, 5.74) is 0. The summed E-state index contributed by atoms with van der Waals surface area (Å²) >= 11 is 5.27. The molecule has 1 aliphatic heterocycles. The minimum Gasteiger partial charge on any atom is -0.366 e. The van der Waals surface area contributed by atoms with E-state index >= 15 is 0 Å². The molecule has 2 aliphatic rings. The average Bonchev–Trinajstić information content (AvgIpc) is 2.39. The van der Waals surface area contributed by atoms with Crippen molar-refractivity contribution in [2.75, 3.05) is 33.2 Å². The molecule has 2 rings (SSSR count). The Morgan fingerprint density at radius 2 is 1.69 bits per heavy atom. The quantitative estimate of drug-likeness (QED) is 0.700. The first-order valence-electron chi connectivity index (χ1n) is 6.52. The molecule has 0 atom stereocenters. The summed E-state index contributed by atoms with van der Waals surface area (Å²) in [6, 6.07) is 0.860. The van der Waals surface area contributed by atoms with E-state index in [1.165, 1.54) is 45.2 Å². The van der Waals surface area contributed by atoms with Crippen LogP contribution in [0.2, 0.25) is 0 Å². The van der Waals surface area contributed by atoms with Crippen molar-refractivity contribution in [3.63, 3.8) is 0 Å². The predicted octanol–water partition coefficient (Wildman–Crippen LogP) is 1.44. The molecule has 0 aromatic carbocycles. The summed E-state index contributed by atoms with van der Waals surface area (Å²) in [7, 11) is 1.91. The van der Waals surface area contributed by atoms with E-state index < -0.39 is 0 Å². The number of hydrogen-bond donors (Lipinski definition) is 1. The van der Waals surface area contributed by atoms with Gasteiger partial charge in [0.2, 0.25) is 0 Å². The maximum atomic E-state index is 5.27. The van der Waals surface area contributed by atoms with Gasteiger partial charge in [-0.15, -0.1) is 0 Å². The van der Waals surface area contributed by atoms with Gasteiger partial charge in [0.1, 0.15) is 0 Å². The van der Waals surface area contributed by atoms with E-state index in [0.29, 0.717) is 0 Å². The zero-order valence-electron chi connectivity index (χ0n) is 10.2. The van der Waals surface area contributed by atoms with Crippen LogP contribution in [0.4, 0.5) is 0 Å². The molecule has 4 heteroatoms.